The molecule has 0 atom stereocenters. The van der Waals surface area contributed by atoms with Crippen molar-refractivity contribution in [3.8, 4) is 0 Å². The zero-order chi connectivity index (χ0) is 17.8. The largest absolute Gasteiger partial charge is 0.360 e. The van der Waals surface area contributed by atoms with Gasteiger partial charge in [-0.3, -0.25) is 9.69 Å². The summed E-state index contributed by atoms with van der Waals surface area (Å²) in [4.78, 5) is 16.5. The van der Waals surface area contributed by atoms with Gasteiger partial charge >= 0.3 is 0 Å². The Labute approximate surface area is 152 Å². The second-order valence-electron chi connectivity index (χ2n) is 6.38. The first-order valence-corrected chi connectivity index (χ1v) is 8.77. The van der Waals surface area contributed by atoms with Crippen molar-refractivity contribution in [1.29, 1.82) is 0 Å². The molecular weight excluding hydrogens is 338 g/mol. The van der Waals surface area contributed by atoms with Crippen molar-refractivity contribution in [2.45, 2.75) is 20.4 Å². The molecule has 1 aromatic heterocycles. The number of carbonyl (C=O) groups excluding carboxylic acids is 1. The fraction of sp³-hybridized carbons (Fsp3) is 0.368. The summed E-state index contributed by atoms with van der Waals surface area (Å²) < 4.78 is 5.25. The smallest absolute Gasteiger partial charge is 0.246 e. The Kier molecular flexibility index (Phi) is 5.56. The molecule has 1 aromatic carbocycles. The molecule has 2 aromatic rings. The lowest BCUT2D eigenvalue weighted by molar-refractivity contribution is -0.127. The van der Waals surface area contributed by atoms with Gasteiger partial charge in [-0.25, -0.2) is 0 Å². The quantitative estimate of drug-likeness (QED) is 0.786. The van der Waals surface area contributed by atoms with E-state index in [2.05, 4.69) is 10.1 Å². The van der Waals surface area contributed by atoms with E-state index in [1.807, 2.05) is 49.1 Å². The van der Waals surface area contributed by atoms with E-state index in [9.17, 15) is 4.79 Å². The minimum absolute atomic E-state index is 0.0341. The maximum atomic E-state index is 12.4. The average molecular weight is 360 g/mol. The molecule has 5 nitrogen and oxygen atoms in total. The molecule has 6 heteroatoms. The van der Waals surface area contributed by atoms with E-state index in [1.165, 1.54) is 0 Å². The van der Waals surface area contributed by atoms with Crippen LogP contribution in [-0.4, -0.2) is 47.0 Å². The SMILES string of the molecule is Cc1cc(CN2CCN(C(=O)/C=C/c3ccc(C)c(Cl)c3)CC2)on1. The van der Waals surface area contributed by atoms with Crippen LogP contribution in [0.25, 0.3) is 6.08 Å². The minimum Gasteiger partial charge on any atom is -0.360 e. The number of rotatable bonds is 4. The molecule has 132 valence electrons. The van der Waals surface area contributed by atoms with Crippen LogP contribution in [0.1, 0.15) is 22.6 Å². The molecule has 1 saturated heterocycles. The average Bonchev–Trinajstić information content (AvgIpc) is 3.01. The summed E-state index contributed by atoms with van der Waals surface area (Å²) in [6.45, 7) is 7.69. The summed E-state index contributed by atoms with van der Waals surface area (Å²) in [7, 11) is 0. The van der Waals surface area contributed by atoms with Crippen LogP contribution in [0.3, 0.4) is 0 Å². The Hall–Kier alpha value is -2.11. The Morgan fingerprint density at radius 2 is 2.00 bits per heavy atom. The summed E-state index contributed by atoms with van der Waals surface area (Å²) in [5.41, 5.74) is 2.86. The first-order chi connectivity index (χ1) is 12.0. The molecule has 0 unspecified atom stereocenters. The first-order valence-electron chi connectivity index (χ1n) is 8.39. The Morgan fingerprint density at radius 1 is 1.24 bits per heavy atom. The predicted octanol–water partition coefficient (Wildman–Crippen LogP) is 3.30. The van der Waals surface area contributed by atoms with Crippen LogP contribution in [0.5, 0.6) is 0 Å². The van der Waals surface area contributed by atoms with Crippen molar-refractivity contribution in [2.24, 2.45) is 0 Å². The molecule has 1 aliphatic rings. The van der Waals surface area contributed by atoms with Gasteiger partial charge in [-0.05, 0) is 37.1 Å². The summed E-state index contributed by atoms with van der Waals surface area (Å²) in [6.07, 6.45) is 3.44. The molecule has 25 heavy (non-hydrogen) atoms. The van der Waals surface area contributed by atoms with Crippen molar-refractivity contribution in [1.82, 2.24) is 15.0 Å². The van der Waals surface area contributed by atoms with Gasteiger partial charge in [0.25, 0.3) is 0 Å². The van der Waals surface area contributed by atoms with E-state index >= 15 is 0 Å². The van der Waals surface area contributed by atoms with E-state index in [0.29, 0.717) is 18.1 Å². The number of piperazine rings is 1. The van der Waals surface area contributed by atoms with Gasteiger partial charge in [0.15, 0.2) is 5.76 Å². The standard InChI is InChI=1S/C19H22ClN3O2/c1-14-3-4-16(12-18(14)20)5-6-19(24)23-9-7-22(8-10-23)13-17-11-15(2)21-25-17/h3-6,11-12H,7-10,13H2,1-2H3/b6-5+. The van der Waals surface area contributed by atoms with E-state index in [0.717, 1.165) is 42.2 Å². The van der Waals surface area contributed by atoms with Gasteiger partial charge in [-0.2, -0.15) is 0 Å². The lowest BCUT2D eigenvalue weighted by atomic mass is 10.1. The summed E-state index contributed by atoms with van der Waals surface area (Å²) in [5.74, 6) is 0.903. The molecule has 2 heterocycles. The fourth-order valence-electron chi connectivity index (χ4n) is 2.82. The molecule has 1 amide bonds. The third-order valence-corrected chi connectivity index (χ3v) is 4.76. The highest BCUT2D eigenvalue weighted by molar-refractivity contribution is 6.31. The molecule has 0 aliphatic carbocycles. The van der Waals surface area contributed by atoms with Crippen LogP contribution in [0.4, 0.5) is 0 Å². The molecular formula is C19H22ClN3O2. The van der Waals surface area contributed by atoms with Crippen LogP contribution in [0, 0.1) is 13.8 Å². The van der Waals surface area contributed by atoms with Crippen LogP contribution >= 0.6 is 11.6 Å². The first kappa shape index (κ1) is 17.7. The van der Waals surface area contributed by atoms with Gasteiger partial charge in [0.1, 0.15) is 0 Å². The fourth-order valence-corrected chi connectivity index (χ4v) is 3.01. The van der Waals surface area contributed by atoms with E-state index in [1.54, 1.807) is 6.08 Å². The normalized spacial score (nSPS) is 15.9. The van der Waals surface area contributed by atoms with Crippen LogP contribution in [0.2, 0.25) is 5.02 Å². The van der Waals surface area contributed by atoms with Gasteiger partial charge < -0.3 is 9.42 Å². The van der Waals surface area contributed by atoms with Crippen molar-refractivity contribution in [3.63, 3.8) is 0 Å². The Bertz CT molecular complexity index is 777. The van der Waals surface area contributed by atoms with Gasteiger partial charge in [0.2, 0.25) is 5.91 Å². The number of hydrogen-bond acceptors (Lipinski definition) is 4. The van der Waals surface area contributed by atoms with Crippen LogP contribution in [0.15, 0.2) is 34.9 Å². The van der Waals surface area contributed by atoms with Gasteiger partial charge in [0.05, 0.1) is 12.2 Å². The topological polar surface area (TPSA) is 49.6 Å². The number of nitrogens with zero attached hydrogens (tertiary/aromatic N) is 3. The lowest BCUT2D eigenvalue weighted by Gasteiger charge is -2.33. The number of aromatic nitrogens is 1. The number of carbonyl (C=O) groups is 1. The third-order valence-electron chi connectivity index (χ3n) is 4.35. The zero-order valence-corrected chi connectivity index (χ0v) is 15.3. The number of benzene rings is 1. The van der Waals surface area contributed by atoms with Crippen molar-refractivity contribution in [3.05, 3.63) is 57.9 Å². The second kappa shape index (κ2) is 7.85. The summed E-state index contributed by atoms with van der Waals surface area (Å²) in [5, 5.41) is 4.62. The number of hydrogen-bond donors (Lipinski definition) is 0. The molecule has 0 saturated carbocycles. The maximum absolute atomic E-state index is 12.4. The predicted molar refractivity (Wildman–Crippen MR) is 98.3 cm³/mol. The minimum atomic E-state index is 0.0341. The molecule has 0 radical (unpaired) electrons. The number of amides is 1. The van der Waals surface area contributed by atoms with Crippen molar-refractivity contribution in [2.75, 3.05) is 26.2 Å². The van der Waals surface area contributed by atoms with Gasteiger partial charge in [-0.1, -0.05) is 28.9 Å². The maximum Gasteiger partial charge on any atom is 0.246 e. The zero-order valence-electron chi connectivity index (χ0n) is 14.5. The molecule has 0 N–H and O–H groups in total. The van der Waals surface area contributed by atoms with Gasteiger partial charge in [-0.15, -0.1) is 0 Å². The monoisotopic (exact) mass is 359 g/mol. The highest BCUT2D eigenvalue weighted by Gasteiger charge is 2.20. The van der Waals surface area contributed by atoms with E-state index < -0.39 is 0 Å². The van der Waals surface area contributed by atoms with Crippen molar-refractivity contribution < 1.29 is 9.32 Å². The highest BCUT2D eigenvalue weighted by Crippen LogP contribution is 2.17. The van der Waals surface area contributed by atoms with Crippen LogP contribution in [-0.2, 0) is 11.3 Å². The molecule has 0 spiro atoms. The number of aryl methyl sites for hydroxylation is 2. The Morgan fingerprint density at radius 3 is 2.64 bits per heavy atom. The molecule has 1 aliphatic heterocycles. The van der Waals surface area contributed by atoms with Gasteiger partial charge in [0, 0.05) is 43.3 Å². The number of halogens is 1. The summed E-state index contributed by atoms with van der Waals surface area (Å²) >= 11 is 6.12. The highest BCUT2D eigenvalue weighted by atomic mass is 35.5. The van der Waals surface area contributed by atoms with Crippen molar-refractivity contribution >= 4 is 23.6 Å². The summed E-state index contributed by atoms with van der Waals surface area (Å²) in [6, 6.07) is 7.74. The van der Waals surface area contributed by atoms with E-state index in [-0.39, 0.29) is 5.91 Å². The lowest BCUT2D eigenvalue weighted by Crippen LogP contribution is -2.47. The molecule has 0 bridgehead atoms. The van der Waals surface area contributed by atoms with Crippen LogP contribution < -0.4 is 0 Å². The molecule has 3 rings (SSSR count). The third kappa shape index (κ3) is 4.71. The Balaban J connectivity index is 1.50. The second-order valence-corrected chi connectivity index (χ2v) is 6.79. The molecule has 1 fully saturated rings. The van der Waals surface area contributed by atoms with E-state index in [4.69, 9.17) is 16.1 Å².